The Morgan fingerprint density at radius 3 is 2.38 bits per heavy atom. The predicted molar refractivity (Wildman–Crippen MR) is 98.8 cm³/mol. The largest absolute Gasteiger partial charge is 0.507 e. The highest BCUT2D eigenvalue weighted by atomic mass is 16.3. The zero-order valence-electron chi connectivity index (χ0n) is 14.2. The molecule has 0 spiro atoms. The minimum Gasteiger partial charge on any atom is -0.507 e. The highest BCUT2D eigenvalue weighted by Crippen LogP contribution is 2.40. The van der Waals surface area contributed by atoms with Crippen LogP contribution in [-0.2, 0) is 0 Å². The van der Waals surface area contributed by atoms with Gasteiger partial charge in [0.15, 0.2) is 0 Å². The fourth-order valence-corrected chi connectivity index (χ4v) is 3.04. The lowest BCUT2D eigenvalue weighted by atomic mass is 9.93. The molecule has 0 saturated heterocycles. The quantitative estimate of drug-likeness (QED) is 0.641. The molecular formula is C20H22N2O2. The Kier molecular flexibility index (Phi) is 4.30. The van der Waals surface area contributed by atoms with Crippen molar-refractivity contribution in [2.24, 2.45) is 0 Å². The van der Waals surface area contributed by atoms with Crippen molar-refractivity contribution in [1.29, 1.82) is 0 Å². The lowest BCUT2D eigenvalue weighted by molar-refractivity contribution is 0.430. The summed E-state index contributed by atoms with van der Waals surface area (Å²) in [4.78, 5) is 4.37. The first-order chi connectivity index (χ1) is 11.5. The van der Waals surface area contributed by atoms with Gasteiger partial charge in [-0.2, -0.15) is 0 Å². The van der Waals surface area contributed by atoms with Gasteiger partial charge in [0.05, 0.1) is 5.52 Å². The number of nitrogens with one attached hydrogen (secondary N) is 1. The predicted octanol–water partition coefficient (Wildman–Crippen LogP) is 4.87. The van der Waals surface area contributed by atoms with E-state index < -0.39 is 0 Å². The Bertz CT molecular complexity index is 867. The number of hydrogen-bond acceptors (Lipinski definition) is 4. The van der Waals surface area contributed by atoms with E-state index in [9.17, 15) is 10.2 Å². The van der Waals surface area contributed by atoms with Gasteiger partial charge in [0, 0.05) is 29.9 Å². The number of anilines is 1. The Morgan fingerprint density at radius 2 is 1.75 bits per heavy atom. The van der Waals surface area contributed by atoms with Gasteiger partial charge < -0.3 is 15.5 Å². The van der Waals surface area contributed by atoms with Crippen LogP contribution in [0.5, 0.6) is 11.5 Å². The highest BCUT2D eigenvalue weighted by molar-refractivity contribution is 5.94. The van der Waals surface area contributed by atoms with Crippen LogP contribution in [0.2, 0.25) is 0 Å². The first-order valence-electron chi connectivity index (χ1n) is 8.18. The van der Waals surface area contributed by atoms with Gasteiger partial charge in [-0.25, -0.2) is 0 Å². The number of pyridine rings is 1. The van der Waals surface area contributed by atoms with Crippen LogP contribution in [0.4, 0.5) is 5.69 Å². The van der Waals surface area contributed by atoms with Crippen LogP contribution in [0.3, 0.4) is 0 Å². The third kappa shape index (κ3) is 2.75. The lowest BCUT2D eigenvalue weighted by Crippen LogP contribution is -1.94. The molecule has 2 aromatic carbocycles. The SMILES string of the molecule is CCC(C)c1c(O)cc(-c2ccc3nccc(NC)c3c2)cc1O. The molecule has 3 aromatic rings. The summed E-state index contributed by atoms with van der Waals surface area (Å²) in [5.41, 5.74) is 4.21. The highest BCUT2D eigenvalue weighted by Gasteiger charge is 2.16. The number of phenols is 2. The van der Waals surface area contributed by atoms with E-state index in [1.54, 1.807) is 18.3 Å². The summed E-state index contributed by atoms with van der Waals surface area (Å²) >= 11 is 0. The van der Waals surface area contributed by atoms with E-state index in [-0.39, 0.29) is 17.4 Å². The minimum atomic E-state index is 0.107. The molecule has 0 amide bonds. The fraction of sp³-hybridized carbons (Fsp3) is 0.250. The normalized spacial score (nSPS) is 12.3. The van der Waals surface area contributed by atoms with Crippen LogP contribution in [0.1, 0.15) is 31.7 Å². The summed E-state index contributed by atoms with van der Waals surface area (Å²) in [6, 6.07) is 11.3. The number of rotatable bonds is 4. The van der Waals surface area contributed by atoms with Crippen molar-refractivity contribution in [2.75, 3.05) is 12.4 Å². The number of nitrogens with zero attached hydrogens (tertiary/aromatic N) is 1. The molecule has 24 heavy (non-hydrogen) atoms. The van der Waals surface area contributed by atoms with Gasteiger partial charge >= 0.3 is 0 Å². The maximum Gasteiger partial charge on any atom is 0.123 e. The average molecular weight is 322 g/mol. The van der Waals surface area contributed by atoms with Crippen molar-refractivity contribution in [3.63, 3.8) is 0 Å². The van der Waals surface area contributed by atoms with Crippen molar-refractivity contribution >= 4 is 16.6 Å². The number of hydrogen-bond donors (Lipinski definition) is 3. The van der Waals surface area contributed by atoms with Gasteiger partial charge in [-0.1, -0.05) is 19.9 Å². The summed E-state index contributed by atoms with van der Waals surface area (Å²) in [6.07, 6.45) is 2.63. The maximum atomic E-state index is 10.4. The molecule has 4 heteroatoms. The molecule has 1 atom stereocenters. The molecular weight excluding hydrogens is 300 g/mol. The van der Waals surface area contributed by atoms with Crippen molar-refractivity contribution in [1.82, 2.24) is 4.98 Å². The van der Waals surface area contributed by atoms with Gasteiger partial charge in [0.1, 0.15) is 11.5 Å². The Morgan fingerprint density at radius 1 is 1.04 bits per heavy atom. The van der Waals surface area contributed by atoms with Crippen molar-refractivity contribution in [3.05, 3.63) is 48.2 Å². The number of fused-ring (bicyclic) bond motifs is 1. The molecule has 3 rings (SSSR count). The van der Waals surface area contributed by atoms with E-state index in [1.165, 1.54) is 0 Å². The molecule has 0 aliphatic rings. The molecule has 0 fully saturated rings. The first kappa shape index (κ1) is 16.1. The zero-order valence-corrected chi connectivity index (χ0v) is 14.2. The van der Waals surface area contributed by atoms with E-state index in [0.29, 0.717) is 5.56 Å². The molecule has 1 unspecified atom stereocenters. The Labute approximate surface area is 141 Å². The van der Waals surface area contributed by atoms with Crippen LogP contribution in [0.15, 0.2) is 42.6 Å². The van der Waals surface area contributed by atoms with Gasteiger partial charge in [-0.3, -0.25) is 4.98 Å². The molecule has 124 valence electrons. The number of benzene rings is 2. The summed E-state index contributed by atoms with van der Waals surface area (Å²) in [5.74, 6) is 0.384. The van der Waals surface area contributed by atoms with E-state index in [0.717, 1.165) is 34.1 Å². The number of aromatic nitrogens is 1. The fourth-order valence-electron chi connectivity index (χ4n) is 3.04. The molecule has 0 bridgehead atoms. The van der Waals surface area contributed by atoms with Gasteiger partial charge in [0.25, 0.3) is 0 Å². The summed E-state index contributed by atoms with van der Waals surface area (Å²) in [7, 11) is 1.88. The minimum absolute atomic E-state index is 0.107. The van der Waals surface area contributed by atoms with Crippen molar-refractivity contribution in [3.8, 4) is 22.6 Å². The molecule has 1 aromatic heterocycles. The summed E-state index contributed by atoms with van der Waals surface area (Å²) < 4.78 is 0. The monoisotopic (exact) mass is 322 g/mol. The van der Waals surface area contributed by atoms with E-state index >= 15 is 0 Å². The Balaban J connectivity index is 2.14. The lowest BCUT2D eigenvalue weighted by Gasteiger charge is -2.15. The second-order valence-corrected chi connectivity index (χ2v) is 6.08. The van der Waals surface area contributed by atoms with E-state index in [1.807, 2.05) is 45.2 Å². The van der Waals surface area contributed by atoms with Crippen molar-refractivity contribution in [2.45, 2.75) is 26.2 Å². The summed E-state index contributed by atoms with van der Waals surface area (Å²) in [6.45, 7) is 4.03. The van der Waals surface area contributed by atoms with Gasteiger partial charge in [-0.15, -0.1) is 0 Å². The van der Waals surface area contributed by atoms with E-state index in [4.69, 9.17) is 0 Å². The number of phenolic OH excluding ortho intramolecular Hbond substituents is 2. The van der Waals surface area contributed by atoms with Gasteiger partial charge in [0.2, 0.25) is 0 Å². The van der Waals surface area contributed by atoms with E-state index in [2.05, 4.69) is 10.3 Å². The van der Waals surface area contributed by atoms with Crippen LogP contribution in [0, 0.1) is 0 Å². The first-order valence-corrected chi connectivity index (χ1v) is 8.18. The standard InChI is InChI=1S/C20H22N2O2/c1-4-12(2)20-18(23)10-14(11-19(20)24)13-5-6-17-15(9-13)16(21-3)7-8-22-17/h5-12,23-24H,4H2,1-3H3,(H,21,22). The van der Waals surface area contributed by atoms with Crippen LogP contribution in [0.25, 0.3) is 22.0 Å². The van der Waals surface area contributed by atoms with Crippen molar-refractivity contribution < 1.29 is 10.2 Å². The smallest absolute Gasteiger partial charge is 0.123 e. The second-order valence-electron chi connectivity index (χ2n) is 6.08. The van der Waals surface area contributed by atoms with Crippen LogP contribution < -0.4 is 5.32 Å². The topological polar surface area (TPSA) is 65.4 Å². The second kappa shape index (κ2) is 6.40. The van der Waals surface area contributed by atoms with Crippen LogP contribution in [-0.4, -0.2) is 22.2 Å². The Hall–Kier alpha value is -2.75. The zero-order chi connectivity index (χ0) is 17.3. The van der Waals surface area contributed by atoms with Crippen LogP contribution >= 0.6 is 0 Å². The maximum absolute atomic E-state index is 10.4. The third-order valence-electron chi connectivity index (χ3n) is 4.59. The molecule has 0 aliphatic carbocycles. The molecule has 0 saturated carbocycles. The third-order valence-corrected chi connectivity index (χ3v) is 4.59. The molecule has 1 heterocycles. The molecule has 0 aliphatic heterocycles. The number of aromatic hydroxyl groups is 2. The molecule has 0 radical (unpaired) electrons. The molecule has 4 nitrogen and oxygen atoms in total. The molecule has 3 N–H and O–H groups in total. The summed E-state index contributed by atoms with van der Waals surface area (Å²) in [5, 5.41) is 24.9. The van der Waals surface area contributed by atoms with Gasteiger partial charge in [-0.05, 0) is 53.8 Å². The average Bonchev–Trinajstić information content (AvgIpc) is 2.59.